The van der Waals surface area contributed by atoms with Gasteiger partial charge in [-0.05, 0) is 36.2 Å². The van der Waals surface area contributed by atoms with E-state index in [1.807, 2.05) is 67.2 Å². The summed E-state index contributed by atoms with van der Waals surface area (Å²) in [5, 5.41) is 16.6. The fourth-order valence-corrected chi connectivity index (χ4v) is 4.04. The zero-order chi connectivity index (χ0) is 24.3. The highest BCUT2D eigenvalue weighted by molar-refractivity contribution is 7.89. The number of nitrogens with one attached hydrogen (secondary N) is 1. The number of pyridine rings is 1. The van der Waals surface area contributed by atoms with Gasteiger partial charge in [-0.15, -0.1) is 5.10 Å². The van der Waals surface area contributed by atoms with E-state index in [0.29, 0.717) is 23.5 Å². The average Bonchev–Trinajstić information content (AvgIpc) is 3.30. The summed E-state index contributed by atoms with van der Waals surface area (Å²) in [6.07, 6.45) is 3.97. The monoisotopic (exact) mass is 604 g/mol. The molecule has 2 heterocycles. The summed E-state index contributed by atoms with van der Waals surface area (Å²) in [4.78, 5) is 13.4. The van der Waals surface area contributed by atoms with Crippen molar-refractivity contribution in [3.63, 3.8) is 0 Å². The second kappa shape index (κ2) is 11.1. The molecule has 0 saturated heterocycles. The van der Waals surface area contributed by atoms with E-state index in [9.17, 15) is 13.2 Å². The number of sulfonamides is 1. The highest BCUT2D eigenvalue weighted by Crippen LogP contribution is 2.22. The highest BCUT2D eigenvalue weighted by Gasteiger charge is 2.28. The van der Waals surface area contributed by atoms with Gasteiger partial charge in [0.1, 0.15) is 5.69 Å². The molecule has 182 valence electrons. The van der Waals surface area contributed by atoms with Crippen LogP contribution in [0.4, 0.5) is 5.82 Å². The van der Waals surface area contributed by atoms with Crippen LogP contribution < -0.4 is 39.0 Å². The highest BCUT2D eigenvalue weighted by atomic mass is 127. The summed E-state index contributed by atoms with van der Waals surface area (Å²) >= 11 is 0. The molecule has 0 bridgehead atoms. The second-order valence-corrected chi connectivity index (χ2v) is 9.61. The van der Waals surface area contributed by atoms with Crippen LogP contribution in [0.5, 0.6) is 0 Å². The molecule has 0 aliphatic rings. The minimum Gasteiger partial charge on any atom is -1.00 e. The van der Waals surface area contributed by atoms with Gasteiger partial charge in [0.2, 0.25) is 10.0 Å². The van der Waals surface area contributed by atoms with E-state index in [4.69, 9.17) is 5.14 Å². The molecule has 4 rings (SSSR count). The average molecular weight is 604 g/mol. The topological polar surface area (TPSA) is 124 Å². The zero-order valence-corrected chi connectivity index (χ0v) is 22.1. The first-order valence-corrected chi connectivity index (χ1v) is 12.1. The third-order valence-corrected chi connectivity index (χ3v) is 6.37. The van der Waals surface area contributed by atoms with Crippen molar-refractivity contribution in [3.05, 3.63) is 90.3 Å². The molecule has 1 atom stereocenters. The van der Waals surface area contributed by atoms with Crippen molar-refractivity contribution in [1.82, 2.24) is 15.0 Å². The SMILES string of the molecule is Cc1cc[n+](C)c(NC(=O)[C@H](Cc2ccccc2)n2cc(-c3ccc(S(N)(=O)=O)cc3)nn2)c1.[I-]. The summed E-state index contributed by atoms with van der Waals surface area (Å²) in [5.41, 5.74) is 3.17. The van der Waals surface area contributed by atoms with E-state index in [-0.39, 0.29) is 34.8 Å². The summed E-state index contributed by atoms with van der Waals surface area (Å²) < 4.78 is 26.4. The van der Waals surface area contributed by atoms with Crippen LogP contribution in [0.2, 0.25) is 0 Å². The van der Waals surface area contributed by atoms with Gasteiger partial charge in [-0.2, -0.15) is 0 Å². The maximum Gasteiger partial charge on any atom is 0.332 e. The van der Waals surface area contributed by atoms with E-state index < -0.39 is 16.1 Å². The molecule has 2 aromatic heterocycles. The number of halogens is 1. The number of hydrogen-bond acceptors (Lipinski definition) is 5. The molecule has 0 unspecified atom stereocenters. The fourth-order valence-electron chi connectivity index (χ4n) is 3.53. The maximum absolute atomic E-state index is 13.4. The number of aryl methyl sites for hydroxylation is 2. The Hall–Kier alpha value is -3.16. The number of benzene rings is 2. The van der Waals surface area contributed by atoms with Crippen LogP contribution in [0.1, 0.15) is 17.2 Å². The van der Waals surface area contributed by atoms with Gasteiger partial charge >= 0.3 is 5.91 Å². The molecule has 1 amide bonds. The van der Waals surface area contributed by atoms with Crippen LogP contribution in [-0.2, 0) is 28.3 Å². The van der Waals surface area contributed by atoms with Crippen molar-refractivity contribution in [1.29, 1.82) is 0 Å². The number of amides is 1. The van der Waals surface area contributed by atoms with Crippen LogP contribution >= 0.6 is 0 Å². The zero-order valence-electron chi connectivity index (χ0n) is 19.2. The predicted octanol–water partition coefficient (Wildman–Crippen LogP) is -0.848. The second-order valence-electron chi connectivity index (χ2n) is 8.05. The fraction of sp³-hybridized carbons (Fsp3) is 0.167. The van der Waals surface area contributed by atoms with Crippen LogP contribution in [0, 0.1) is 6.92 Å². The predicted molar refractivity (Wildman–Crippen MR) is 127 cm³/mol. The van der Waals surface area contributed by atoms with E-state index in [1.165, 1.54) is 16.8 Å². The normalized spacial score (nSPS) is 12.0. The lowest BCUT2D eigenvalue weighted by molar-refractivity contribution is -0.657. The van der Waals surface area contributed by atoms with Gasteiger partial charge in [-0.3, -0.25) is 0 Å². The third kappa shape index (κ3) is 6.50. The van der Waals surface area contributed by atoms with E-state index >= 15 is 0 Å². The minimum absolute atomic E-state index is 0. The molecular weight excluding hydrogens is 579 g/mol. The van der Waals surface area contributed by atoms with E-state index in [1.54, 1.807) is 18.3 Å². The van der Waals surface area contributed by atoms with Gasteiger partial charge in [0.15, 0.2) is 6.04 Å². The number of aromatic nitrogens is 4. The lowest BCUT2D eigenvalue weighted by Crippen LogP contribution is -3.00. The summed E-state index contributed by atoms with van der Waals surface area (Å²) in [6.45, 7) is 1.96. The van der Waals surface area contributed by atoms with Gasteiger partial charge in [-0.25, -0.2) is 32.9 Å². The van der Waals surface area contributed by atoms with Crippen LogP contribution in [-0.4, -0.2) is 29.3 Å². The number of anilines is 1. The Morgan fingerprint density at radius 2 is 1.80 bits per heavy atom. The van der Waals surface area contributed by atoms with Gasteiger partial charge in [0, 0.05) is 18.1 Å². The Morgan fingerprint density at radius 1 is 1.11 bits per heavy atom. The molecule has 9 nitrogen and oxygen atoms in total. The molecule has 0 spiro atoms. The van der Waals surface area contributed by atoms with E-state index in [0.717, 1.165) is 11.1 Å². The van der Waals surface area contributed by atoms with Gasteiger partial charge < -0.3 is 24.0 Å². The Bertz CT molecular complexity index is 1420. The van der Waals surface area contributed by atoms with Crippen LogP contribution in [0.15, 0.2) is 84.0 Å². The number of nitrogens with two attached hydrogens (primary N) is 1. The molecule has 0 aliphatic carbocycles. The Morgan fingerprint density at radius 3 is 2.46 bits per heavy atom. The smallest absolute Gasteiger partial charge is 0.332 e. The number of nitrogens with zero attached hydrogens (tertiary/aromatic N) is 4. The van der Waals surface area contributed by atoms with Crippen molar-refractivity contribution < 1.29 is 41.8 Å². The standard InChI is InChI=1S/C24H24N6O3S.HI/c1-17-12-13-29(2)23(14-17)26-24(31)22(15-18-6-4-3-5-7-18)30-16-21(27-28-30)19-8-10-20(11-9-19)34(25,32)33;/h3-14,16,22H,15H2,1-2H3,(H2,25,32,33);1H/t22-;/m0./s1. The Kier molecular flexibility index (Phi) is 8.35. The van der Waals surface area contributed by atoms with Gasteiger partial charge in [-0.1, -0.05) is 47.7 Å². The summed E-state index contributed by atoms with van der Waals surface area (Å²) in [7, 11) is -1.93. The summed E-state index contributed by atoms with van der Waals surface area (Å²) in [6, 6.07) is 18.9. The number of carbonyl (C=O) groups is 1. The Balaban J connectivity index is 0.00000342. The first kappa shape index (κ1) is 26.4. The molecule has 4 aromatic rings. The number of hydrogen-bond donors (Lipinski definition) is 2. The van der Waals surface area contributed by atoms with Gasteiger partial charge in [0.25, 0.3) is 5.82 Å². The molecule has 2 aromatic carbocycles. The quantitative estimate of drug-likeness (QED) is 0.210. The largest absolute Gasteiger partial charge is 1.00 e. The van der Waals surface area contributed by atoms with Crippen molar-refractivity contribution >= 4 is 21.7 Å². The van der Waals surface area contributed by atoms with Crippen molar-refractivity contribution in [2.24, 2.45) is 12.2 Å². The van der Waals surface area contributed by atoms with Crippen molar-refractivity contribution in [3.8, 4) is 11.3 Å². The lowest BCUT2D eigenvalue weighted by atomic mass is 10.1. The number of carbonyl (C=O) groups excluding carboxylic acids is 1. The van der Waals surface area contributed by atoms with E-state index in [2.05, 4.69) is 15.6 Å². The van der Waals surface area contributed by atoms with Crippen LogP contribution in [0.3, 0.4) is 0 Å². The van der Waals surface area contributed by atoms with Crippen molar-refractivity contribution in [2.75, 3.05) is 5.32 Å². The number of primary sulfonamides is 1. The van der Waals surface area contributed by atoms with Crippen LogP contribution in [0.25, 0.3) is 11.3 Å². The molecule has 0 saturated carbocycles. The number of rotatable bonds is 7. The Labute approximate surface area is 221 Å². The minimum atomic E-state index is -3.79. The first-order chi connectivity index (χ1) is 16.2. The van der Waals surface area contributed by atoms with Crippen molar-refractivity contribution in [2.45, 2.75) is 24.3 Å². The first-order valence-electron chi connectivity index (χ1n) is 10.6. The molecule has 0 fully saturated rings. The molecular formula is C24H25IN6O3S. The molecule has 35 heavy (non-hydrogen) atoms. The third-order valence-electron chi connectivity index (χ3n) is 5.44. The van der Waals surface area contributed by atoms with Gasteiger partial charge in [0.05, 0.1) is 24.3 Å². The summed E-state index contributed by atoms with van der Waals surface area (Å²) in [5.74, 6) is 0.438. The molecule has 0 aliphatic heterocycles. The maximum atomic E-state index is 13.4. The lowest BCUT2D eigenvalue weighted by Gasteiger charge is -2.14. The molecule has 11 heteroatoms. The molecule has 0 radical (unpaired) electrons. The molecule has 3 N–H and O–H groups in total.